The van der Waals surface area contributed by atoms with E-state index in [0.29, 0.717) is 5.75 Å². The van der Waals surface area contributed by atoms with Crippen molar-refractivity contribution in [3.8, 4) is 5.75 Å². The Balaban J connectivity index is 0.00000225. The molecule has 4 nitrogen and oxygen atoms in total. The molecule has 5 heteroatoms. The van der Waals surface area contributed by atoms with E-state index >= 15 is 0 Å². The largest absolute Gasteiger partial charge is 1.00 e. The Morgan fingerprint density at radius 1 is 1.31 bits per heavy atom. The lowest BCUT2D eigenvalue weighted by Crippen LogP contribution is -3.00. The molecule has 0 saturated heterocycles. The standard InChI is InChI=1S/C11H17N2O2.BrH/c1-8-6-7-10(9(2)13(8)5)15-11(14)12(3)4;/h6-7H,1-5H3;1H/q+1;/p-1. The van der Waals surface area contributed by atoms with Crippen molar-refractivity contribution in [2.75, 3.05) is 14.1 Å². The Bertz CT molecular complexity index is 392. The van der Waals surface area contributed by atoms with Gasteiger partial charge >= 0.3 is 6.09 Å². The first-order valence-electron chi connectivity index (χ1n) is 4.79. The average molecular weight is 289 g/mol. The predicted octanol–water partition coefficient (Wildman–Crippen LogP) is -1.81. The van der Waals surface area contributed by atoms with Crippen molar-refractivity contribution in [1.82, 2.24) is 4.90 Å². The Morgan fingerprint density at radius 2 is 1.88 bits per heavy atom. The van der Waals surface area contributed by atoms with Gasteiger partial charge in [0, 0.05) is 34.0 Å². The van der Waals surface area contributed by atoms with Gasteiger partial charge in [0.05, 0.1) is 0 Å². The maximum absolute atomic E-state index is 11.4. The number of ether oxygens (including phenoxy) is 1. The van der Waals surface area contributed by atoms with Crippen LogP contribution in [-0.4, -0.2) is 25.1 Å². The smallest absolute Gasteiger partial charge is 0.414 e. The van der Waals surface area contributed by atoms with Gasteiger partial charge in [-0.1, -0.05) is 0 Å². The van der Waals surface area contributed by atoms with Crippen molar-refractivity contribution in [2.24, 2.45) is 7.05 Å². The zero-order valence-electron chi connectivity index (χ0n) is 10.2. The molecule has 0 N–H and O–H groups in total. The third kappa shape index (κ3) is 3.20. The van der Waals surface area contributed by atoms with Gasteiger partial charge in [-0.3, -0.25) is 0 Å². The second kappa shape index (κ2) is 5.84. The number of amides is 1. The van der Waals surface area contributed by atoms with Crippen LogP contribution in [0.25, 0.3) is 0 Å². The topological polar surface area (TPSA) is 33.4 Å². The number of aryl methyl sites for hydroxylation is 1. The fourth-order valence-corrected chi connectivity index (χ4v) is 1.15. The van der Waals surface area contributed by atoms with Crippen LogP contribution in [0.15, 0.2) is 12.1 Å². The number of nitrogens with zero attached hydrogens (tertiary/aromatic N) is 2. The first kappa shape index (κ1) is 14.9. The molecule has 0 unspecified atom stereocenters. The van der Waals surface area contributed by atoms with Crippen molar-refractivity contribution in [2.45, 2.75) is 13.8 Å². The molecule has 1 amide bonds. The normalized spacial score (nSPS) is 9.31. The molecule has 90 valence electrons. The molecule has 0 aliphatic rings. The number of pyridine rings is 1. The summed E-state index contributed by atoms with van der Waals surface area (Å²) in [5.41, 5.74) is 2.06. The van der Waals surface area contributed by atoms with Crippen LogP contribution >= 0.6 is 0 Å². The Morgan fingerprint density at radius 3 is 2.38 bits per heavy atom. The fourth-order valence-electron chi connectivity index (χ4n) is 1.15. The van der Waals surface area contributed by atoms with E-state index in [4.69, 9.17) is 4.74 Å². The lowest BCUT2D eigenvalue weighted by Gasteiger charge is -2.11. The van der Waals surface area contributed by atoms with E-state index in [0.717, 1.165) is 11.4 Å². The van der Waals surface area contributed by atoms with Gasteiger partial charge in [0.1, 0.15) is 7.05 Å². The highest BCUT2D eigenvalue weighted by molar-refractivity contribution is 5.70. The summed E-state index contributed by atoms with van der Waals surface area (Å²) in [6.07, 6.45) is -0.359. The third-order valence-corrected chi connectivity index (χ3v) is 2.43. The van der Waals surface area contributed by atoms with Crippen molar-refractivity contribution >= 4 is 6.09 Å². The number of hydrogen-bond acceptors (Lipinski definition) is 2. The summed E-state index contributed by atoms with van der Waals surface area (Å²) in [7, 11) is 5.26. The van der Waals surface area contributed by atoms with Crippen molar-refractivity contribution < 1.29 is 31.1 Å². The number of aromatic nitrogens is 1. The minimum absolute atomic E-state index is 0. The Labute approximate surface area is 107 Å². The summed E-state index contributed by atoms with van der Waals surface area (Å²) in [6.45, 7) is 3.93. The molecule has 0 fully saturated rings. The molecule has 0 radical (unpaired) electrons. The van der Waals surface area contributed by atoms with Crippen molar-refractivity contribution in [1.29, 1.82) is 0 Å². The molecule has 0 atom stereocenters. The minimum Gasteiger partial charge on any atom is -1.00 e. The average Bonchev–Trinajstić information content (AvgIpc) is 2.18. The lowest BCUT2D eigenvalue weighted by atomic mass is 10.3. The van der Waals surface area contributed by atoms with Crippen LogP contribution in [0.3, 0.4) is 0 Å². The van der Waals surface area contributed by atoms with Crippen LogP contribution in [-0.2, 0) is 7.05 Å². The van der Waals surface area contributed by atoms with Crippen LogP contribution in [0.1, 0.15) is 11.4 Å². The second-order valence-corrected chi connectivity index (χ2v) is 3.75. The van der Waals surface area contributed by atoms with E-state index in [1.165, 1.54) is 4.90 Å². The van der Waals surface area contributed by atoms with E-state index in [1.807, 2.05) is 37.6 Å². The molecule has 1 aromatic rings. The summed E-state index contributed by atoms with van der Waals surface area (Å²) in [5.74, 6) is 0.599. The number of rotatable bonds is 1. The van der Waals surface area contributed by atoms with Gasteiger partial charge in [-0.2, -0.15) is 4.57 Å². The summed E-state index contributed by atoms with van der Waals surface area (Å²) in [4.78, 5) is 12.8. The van der Waals surface area contributed by atoms with E-state index in [1.54, 1.807) is 14.1 Å². The number of halogens is 1. The lowest BCUT2D eigenvalue weighted by molar-refractivity contribution is -0.684. The number of hydrogen-bond donors (Lipinski definition) is 0. The molecule has 1 aromatic heterocycles. The van der Waals surface area contributed by atoms with Crippen molar-refractivity contribution in [3.63, 3.8) is 0 Å². The van der Waals surface area contributed by atoms with E-state index in [9.17, 15) is 4.79 Å². The van der Waals surface area contributed by atoms with Crippen molar-refractivity contribution in [3.05, 3.63) is 23.5 Å². The first-order valence-corrected chi connectivity index (χ1v) is 4.79. The number of carbonyl (C=O) groups is 1. The monoisotopic (exact) mass is 288 g/mol. The maximum Gasteiger partial charge on any atom is 0.414 e. The van der Waals surface area contributed by atoms with Gasteiger partial charge < -0.3 is 26.6 Å². The highest BCUT2D eigenvalue weighted by Gasteiger charge is 2.15. The van der Waals surface area contributed by atoms with Gasteiger partial charge in [-0.15, -0.1) is 0 Å². The molecule has 0 bridgehead atoms. The quantitative estimate of drug-likeness (QED) is 0.571. The fraction of sp³-hybridized carbons (Fsp3) is 0.455. The minimum atomic E-state index is -0.359. The molecule has 0 aliphatic carbocycles. The molecule has 16 heavy (non-hydrogen) atoms. The summed E-state index contributed by atoms with van der Waals surface area (Å²) in [6, 6.07) is 3.73. The van der Waals surface area contributed by atoms with Gasteiger partial charge in [0.2, 0.25) is 5.69 Å². The highest BCUT2D eigenvalue weighted by atomic mass is 79.9. The molecule has 1 heterocycles. The summed E-state index contributed by atoms with van der Waals surface area (Å²) in [5, 5.41) is 0. The first-order chi connectivity index (χ1) is 6.93. The molecule has 0 aromatic carbocycles. The SMILES string of the molecule is Cc1ccc(OC(=O)N(C)C)c(C)[n+]1C.[Br-]. The van der Waals surface area contributed by atoms with Crippen LogP contribution < -0.4 is 26.3 Å². The van der Waals surface area contributed by atoms with Gasteiger partial charge in [-0.25, -0.2) is 4.79 Å². The van der Waals surface area contributed by atoms with Crippen LogP contribution in [0.5, 0.6) is 5.75 Å². The molecule has 1 rings (SSSR count). The van der Waals surface area contributed by atoms with Gasteiger partial charge in [-0.05, 0) is 6.07 Å². The molecule has 0 spiro atoms. The molecule has 0 saturated carbocycles. The van der Waals surface area contributed by atoms with E-state index in [2.05, 4.69) is 0 Å². The van der Waals surface area contributed by atoms with Gasteiger partial charge in [0.15, 0.2) is 11.4 Å². The Hall–Kier alpha value is -1.10. The zero-order chi connectivity index (χ0) is 11.6. The summed E-state index contributed by atoms with van der Waals surface area (Å²) < 4.78 is 7.19. The van der Waals surface area contributed by atoms with Crippen LogP contribution in [0.2, 0.25) is 0 Å². The van der Waals surface area contributed by atoms with E-state index < -0.39 is 0 Å². The third-order valence-electron chi connectivity index (χ3n) is 2.43. The predicted molar refractivity (Wildman–Crippen MR) is 56.8 cm³/mol. The molecule has 0 aliphatic heterocycles. The molecular weight excluding hydrogens is 272 g/mol. The van der Waals surface area contributed by atoms with Gasteiger partial charge in [0.25, 0.3) is 0 Å². The van der Waals surface area contributed by atoms with Crippen LogP contribution in [0.4, 0.5) is 4.79 Å². The maximum atomic E-state index is 11.4. The second-order valence-electron chi connectivity index (χ2n) is 3.75. The zero-order valence-corrected chi connectivity index (χ0v) is 11.8. The highest BCUT2D eigenvalue weighted by Crippen LogP contribution is 2.14. The number of carbonyl (C=O) groups excluding carboxylic acids is 1. The Kier molecular flexibility index (Phi) is 5.44. The molecular formula is C11H17BrN2O2. The van der Waals surface area contributed by atoms with Crippen LogP contribution in [0, 0.1) is 13.8 Å². The summed E-state index contributed by atoms with van der Waals surface area (Å²) >= 11 is 0. The van der Waals surface area contributed by atoms with E-state index in [-0.39, 0.29) is 23.1 Å².